The molecule has 0 saturated carbocycles. The van der Waals surface area contributed by atoms with Gasteiger partial charge in [-0.05, 0) is 43.0 Å². The number of rotatable bonds is 7. The first-order chi connectivity index (χ1) is 11.3. The lowest BCUT2D eigenvalue weighted by Gasteiger charge is -2.11. The largest absolute Gasteiger partial charge is 0.744 e. The van der Waals surface area contributed by atoms with Crippen LogP contribution in [0.25, 0.3) is 11.3 Å². The number of hydrogen-bond donors (Lipinski definition) is 0. The standard InChI is InChI=1S/C19H25NO3S/c1-4-5-6-7-8-16-11-12-20(3)19(13-16)18-14-17(24(21,22)23)10-9-15(18)2/h9-14H,4-8H2,1-3H3. The van der Waals surface area contributed by atoms with Crippen LogP contribution in [0.1, 0.15) is 43.7 Å². The molecule has 0 bridgehead atoms. The van der Waals surface area contributed by atoms with Gasteiger partial charge in [-0.1, -0.05) is 32.3 Å². The highest BCUT2D eigenvalue weighted by atomic mass is 32.2. The van der Waals surface area contributed by atoms with Gasteiger partial charge in [0.2, 0.25) is 5.69 Å². The fraction of sp³-hybridized carbons (Fsp3) is 0.421. The zero-order chi connectivity index (χ0) is 17.7. The third-order valence-electron chi connectivity index (χ3n) is 4.31. The molecule has 0 radical (unpaired) electrons. The first-order valence-electron chi connectivity index (χ1n) is 8.38. The van der Waals surface area contributed by atoms with Crippen molar-refractivity contribution in [2.75, 3.05) is 0 Å². The van der Waals surface area contributed by atoms with Gasteiger partial charge in [0.05, 0.1) is 10.5 Å². The number of aryl methyl sites for hydroxylation is 3. The monoisotopic (exact) mass is 347 g/mol. The highest BCUT2D eigenvalue weighted by Crippen LogP contribution is 2.25. The quantitative estimate of drug-likeness (QED) is 0.437. The van der Waals surface area contributed by atoms with E-state index in [9.17, 15) is 13.0 Å². The molecule has 2 aromatic rings. The van der Waals surface area contributed by atoms with Crippen molar-refractivity contribution in [3.05, 3.63) is 47.7 Å². The Morgan fingerprint density at radius 1 is 1.08 bits per heavy atom. The second-order valence-corrected chi connectivity index (χ2v) is 7.65. The van der Waals surface area contributed by atoms with Gasteiger partial charge in [-0.2, -0.15) is 0 Å². The van der Waals surface area contributed by atoms with E-state index in [4.69, 9.17) is 0 Å². The highest BCUT2D eigenvalue weighted by Gasteiger charge is 2.15. The van der Waals surface area contributed by atoms with E-state index in [2.05, 4.69) is 19.1 Å². The molecule has 0 aliphatic carbocycles. The molecule has 5 heteroatoms. The van der Waals surface area contributed by atoms with E-state index in [0.29, 0.717) is 0 Å². The zero-order valence-corrected chi connectivity index (χ0v) is 15.4. The van der Waals surface area contributed by atoms with E-state index in [0.717, 1.165) is 29.7 Å². The molecular weight excluding hydrogens is 322 g/mol. The van der Waals surface area contributed by atoms with Crippen molar-refractivity contribution in [3.8, 4) is 11.3 Å². The summed E-state index contributed by atoms with van der Waals surface area (Å²) in [6.45, 7) is 4.12. The number of benzene rings is 1. The number of unbranched alkanes of at least 4 members (excludes halogenated alkanes) is 3. The predicted octanol–water partition coefficient (Wildman–Crippen LogP) is 3.51. The van der Waals surface area contributed by atoms with E-state index < -0.39 is 10.1 Å². The summed E-state index contributed by atoms with van der Waals surface area (Å²) in [4.78, 5) is -0.184. The Labute approximate surface area is 144 Å². The van der Waals surface area contributed by atoms with Crippen molar-refractivity contribution >= 4 is 10.1 Å². The third-order valence-corrected chi connectivity index (χ3v) is 5.14. The number of nitrogens with zero attached hydrogens (tertiary/aromatic N) is 1. The molecule has 1 heterocycles. The Morgan fingerprint density at radius 3 is 2.50 bits per heavy atom. The molecule has 24 heavy (non-hydrogen) atoms. The lowest BCUT2D eigenvalue weighted by atomic mass is 10.0. The van der Waals surface area contributed by atoms with Crippen molar-refractivity contribution in [2.24, 2.45) is 7.05 Å². The summed E-state index contributed by atoms with van der Waals surface area (Å²) in [5.74, 6) is 0. The van der Waals surface area contributed by atoms with Crippen LogP contribution in [0.15, 0.2) is 41.4 Å². The van der Waals surface area contributed by atoms with Crippen LogP contribution in [-0.4, -0.2) is 13.0 Å². The molecule has 0 saturated heterocycles. The van der Waals surface area contributed by atoms with Crippen LogP contribution in [0, 0.1) is 6.92 Å². The average Bonchev–Trinajstić information content (AvgIpc) is 2.52. The van der Waals surface area contributed by atoms with Gasteiger partial charge >= 0.3 is 0 Å². The molecule has 0 fully saturated rings. The molecule has 1 aromatic heterocycles. The summed E-state index contributed by atoms with van der Waals surface area (Å²) in [5.41, 5.74) is 3.88. The van der Waals surface area contributed by atoms with Gasteiger partial charge in [-0.3, -0.25) is 0 Å². The second kappa shape index (κ2) is 7.90. The normalized spacial score (nSPS) is 11.7. The Kier molecular flexibility index (Phi) is 6.13. The minimum atomic E-state index is -4.45. The minimum absolute atomic E-state index is 0.184. The smallest absolute Gasteiger partial charge is 0.212 e. The van der Waals surface area contributed by atoms with Crippen molar-refractivity contribution < 1.29 is 17.5 Å². The Balaban J connectivity index is 2.37. The molecule has 1 aromatic carbocycles. The molecule has 0 amide bonds. The predicted molar refractivity (Wildman–Crippen MR) is 93.6 cm³/mol. The van der Waals surface area contributed by atoms with E-state index in [1.54, 1.807) is 6.07 Å². The van der Waals surface area contributed by atoms with Gasteiger partial charge in [0.15, 0.2) is 6.20 Å². The van der Waals surface area contributed by atoms with Gasteiger partial charge in [0, 0.05) is 12.1 Å². The molecule has 0 atom stereocenters. The van der Waals surface area contributed by atoms with E-state index in [-0.39, 0.29) is 4.90 Å². The van der Waals surface area contributed by atoms with Crippen LogP contribution in [-0.2, 0) is 23.6 Å². The lowest BCUT2D eigenvalue weighted by molar-refractivity contribution is -0.660. The highest BCUT2D eigenvalue weighted by molar-refractivity contribution is 7.85. The van der Waals surface area contributed by atoms with E-state index in [1.165, 1.54) is 37.0 Å². The van der Waals surface area contributed by atoms with Crippen LogP contribution >= 0.6 is 0 Å². The van der Waals surface area contributed by atoms with Crippen molar-refractivity contribution in [3.63, 3.8) is 0 Å². The first-order valence-corrected chi connectivity index (χ1v) is 9.79. The summed E-state index contributed by atoms with van der Waals surface area (Å²) in [6, 6.07) is 8.73. The molecular formula is C19H25NO3S. The summed E-state index contributed by atoms with van der Waals surface area (Å²) < 4.78 is 35.9. The SMILES string of the molecule is CCCCCCc1cc[n+](C)c(-c2cc(S(=O)(=O)[O-])ccc2C)c1. The molecule has 4 nitrogen and oxygen atoms in total. The Bertz CT molecular complexity index is 813. The topological polar surface area (TPSA) is 61.1 Å². The van der Waals surface area contributed by atoms with Gasteiger partial charge in [0.1, 0.15) is 17.2 Å². The maximum absolute atomic E-state index is 11.3. The van der Waals surface area contributed by atoms with Gasteiger partial charge in [-0.25, -0.2) is 13.0 Å². The summed E-state index contributed by atoms with van der Waals surface area (Å²) in [6.07, 6.45) is 7.82. The maximum atomic E-state index is 11.3. The third kappa shape index (κ3) is 4.65. The Morgan fingerprint density at radius 2 is 1.83 bits per heavy atom. The van der Waals surface area contributed by atoms with Crippen LogP contribution in [0.3, 0.4) is 0 Å². The molecule has 0 aliphatic heterocycles. The van der Waals surface area contributed by atoms with Crippen LogP contribution < -0.4 is 4.57 Å². The summed E-state index contributed by atoms with van der Waals surface area (Å²) >= 11 is 0. The van der Waals surface area contributed by atoms with E-state index >= 15 is 0 Å². The fourth-order valence-electron chi connectivity index (χ4n) is 2.83. The van der Waals surface area contributed by atoms with Gasteiger partial charge in [0.25, 0.3) is 0 Å². The average molecular weight is 347 g/mol. The maximum Gasteiger partial charge on any atom is 0.212 e. The Hall–Kier alpha value is -1.72. The zero-order valence-electron chi connectivity index (χ0n) is 14.6. The van der Waals surface area contributed by atoms with Crippen molar-refractivity contribution in [1.29, 1.82) is 0 Å². The molecule has 0 unspecified atom stereocenters. The minimum Gasteiger partial charge on any atom is -0.744 e. The molecule has 0 aliphatic rings. The second-order valence-electron chi connectivity index (χ2n) is 6.27. The lowest BCUT2D eigenvalue weighted by Crippen LogP contribution is -2.30. The van der Waals surface area contributed by atoms with Crippen molar-refractivity contribution in [2.45, 2.75) is 50.8 Å². The molecule has 2 rings (SSSR count). The summed E-state index contributed by atoms with van der Waals surface area (Å²) in [5, 5.41) is 0. The first kappa shape index (κ1) is 18.6. The molecule has 0 N–H and O–H groups in total. The number of aromatic nitrogens is 1. The van der Waals surface area contributed by atoms with Gasteiger partial charge < -0.3 is 4.55 Å². The number of hydrogen-bond acceptors (Lipinski definition) is 3. The van der Waals surface area contributed by atoms with Crippen LogP contribution in [0.4, 0.5) is 0 Å². The van der Waals surface area contributed by atoms with Gasteiger partial charge in [-0.15, -0.1) is 0 Å². The van der Waals surface area contributed by atoms with Crippen molar-refractivity contribution in [1.82, 2.24) is 0 Å². The summed E-state index contributed by atoms with van der Waals surface area (Å²) in [7, 11) is -2.53. The van der Waals surface area contributed by atoms with E-state index in [1.807, 2.05) is 24.7 Å². The molecule has 130 valence electrons. The van der Waals surface area contributed by atoms with Crippen LogP contribution in [0.2, 0.25) is 0 Å². The van der Waals surface area contributed by atoms with Crippen LogP contribution in [0.5, 0.6) is 0 Å². The number of pyridine rings is 1. The molecule has 0 spiro atoms. The fourth-order valence-corrected chi connectivity index (χ4v) is 3.32.